The molecule has 1 aliphatic heterocycles. The van der Waals surface area contributed by atoms with Gasteiger partial charge in [0.1, 0.15) is 11.6 Å². The molecular weight excluding hydrogens is 293 g/mol. The van der Waals surface area contributed by atoms with Gasteiger partial charge in [0, 0.05) is 31.2 Å². The van der Waals surface area contributed by atoms with Crippen molar-refractivity contribution in [2.24, 2.45) is 5.92 Å². The molecule has 0 N–H and O–H groups in total. The van der Waals surface area contributed by atoms with Gasteiger partial charge in [-0.1, -0.05) is 17.8 Å². The number of hydrogen-bond donors (Lipinski definition) is 0. The van der Waals surface area contributed by atoms with E-state index in [2.05, 4.69) is 0 Å². The molecule has 1 aromatic carbocycles. The van der Waals surface area contributed by atoms with Gasteiger partial charge in [-0.05, 0) is 18.1 Å². The molecule has 1 aromatic rings. The lowest BCUT2D eigenvalue weighted by Crippen LogP contribution is -2.25. The predicted molar refractivity (Wildman–Crippen MR) is 79.6 cm³/mol. The molecule has 0 radical (unpaired) electrons. The molecule has 1 aliphatic rings. The Morgan fingerprint density at radius 1 is 1.52 bits per heavy atom. The van der Waals surface area contributed by atoms with E-state index in [9.17, 15) is 14.0 Å². The van der Waals surface area contributed by atoms with Crippen molar-refractivity contribution in [2.75, 3.05) is 19.4 Å². The topological polar surface area (TPSA) is 46.6 Å². The largest absolute Gasteiger partial charge is 0.496 e. The van der Waals surface area contributed by atoms with E-state index >= 15 is 0 Å². The maximum absolute atomic E-state index is 13.9. The summed E-state index contributed by atoms with van der Waals surface area (Å²) in [5.41, 5.74) is 0.397. The third-order valence-electron chi connectivity index (χ3n) is 3.46. The minimum Gasteiger partial charge on any atom is -0.496 e. The third kappa shape index (κ3) is 3.97. The number of nitrogens with zero attached hydrogens (tertiary/aromatic N) is 1. The molecule has 2 rings (SSSR count). The summed E-state index contributed by atoms with van der Waals surface area (Å²) in [6.07, 6.45) is 0.414. The van der Waals surface area contributed by atoms with Gasteiger partial charge in [-0.2, -0.15) is 0 Å². The lowest BCUT2D eigenvalue weighted by Gasteiger charge is -2.18. The minimum atomic E-state index is -0.372. The van der Waals surface area contributed by atoms with Crippen molar-refractivity contribution >= 4 is 22.8 Å². The highest BCUT2D eigenvalue weighted by Crippen LogP contribution is 2.28. The standard InChI is InChI=1S/C15H18FNO3S/c1-10(18)21-9-11-6-15(19)17(7-11)8-12-13(16)4-3-5-14(12)20-2/h3-5,11H,6-9H2,1-2H3. The molecule has 114 valence electrons. The van der Waals surface area contributed by atoms with Gasteiger partial charge in [-0.15, -0.1) is 0 Å². The van der Waals surface area contributed by atoms with E-state index in [4.69, 9.17) is 4.74 Å². The van der Waals surface area contributed by atoms with E-state index in [1.807, 2.05) is 0 Å². The predicted octanol–water partition coefficient (Wildman–Crippen LogP) is 2.46. The third-order valence-corrected chi connectivity index (χ3v) is 4.51. The molecule has 1 atom stereocenters. The van der Waals surface area contributed by atoms with Gasteiger partial charge < -0.3 is 9.64 Å². The number of benzene rings is 1. The summed E-state index contributed by atoms with van der Waals surface area (Å²) in [7, 11) is 1.48. The maximum atomic E-state index is 13.9. The number of ether oxygens (including phenoxy) is 1. The fourth-order valence-corrected chi connectivity index (χ4v) is 3.12. The monoisotopic (exact) mass is 311 g/mol. The Balaban J connectivity index is 2.04. The number of likely N-dealkylation sites (tertiary alicyclic amines) is 1. The molecule has 1 unspecified atom stereocenters. The Morgan fingerprint density at radius 2 is 2.29 bits per heavy atom. The molecule has 0 bridgehead atoms. The number of thioether (sulfide) groups is 1. The van der Waals surface area contributed by atoms with Gasteiger partial charge in [0.15, 0.2) is 5.12 Å². The zero-order valence-corrected chi connectivity index (χ0v) is 12.9. The molecule has 0 saturated carbocycles. The zero-order chi connectivity index (χ0) is 15.4. The summed E-state index contributed by atoms with van der Waals surface area (Å²) < 4.78 is 19.1. The molecular formula is C15H18FNO3S. The number of carbonyl (C=O) groups is 2. The Bertz CT molecular complexity index is 550. The summed E-state index contributed by atoms with van der Waals surface area (Å²) in [5.74, 6) is 0.845. The Morgan fingerprint density at radius 3 is 2.95 bits per heavy atom. The molecule has 0 aliphatic carbocycles. The Kier molecular flexibility index (Phi) is 5.22. The van der Waals surface area contributed by atoms with Gasteiger partial charge in [0.25, 0.3) is 0 Å². The number of halogens is 1. The minimum absolute atomic E-state index is 0.00513. The summed E-state index contributed by atoms with van der Waals surface area (Å²) in [6, 6.07) is 4.62. The first-order valence-corrected chi connectivity index (χ1v) is 7.72. The molecule has 21 heavy (non-hydrogen) atoms. The van der Waals surface area contributed by atoms with Crippen LogP contribution in [-0.2, 0) is 16.1 Å². The van der Waals surface area contributed by atoms with Gasteiger partial charge >= 0.3 is 0 Å². The highest BCUT2D eigenvalue weighted by molar-refractivity contribution is 8.13. The van der Waals surface area contributed by atoms with Gasteiger partial charge in [0.05, 0.1) is 13.7 Å². The van der Waals surface area contributed by atoms with Crippen molar-refractivity contribution in [3.05, 3.63) is 29.6 Å². The van der Waals surface area contributed by atoms with Crippen LogP contribution < -0.4 is 4.74 Å². The zero-order valence-electron chi connectivity index (χ0n) is 12.1. The summed E-state index contributed by atoms with van der Waals surface area (Å²) in [5, 5.41) is 0.0525. The second kappa shape index (κ2) is 6.93. The second-order valence-electron chi connectivity index (χ2n) is 5.07. The smallest absolute Gasteiger partial charge is 0.223 e. The van der Waals surface area contributed by atoms with Crippen LogP contribution in [0, 0.1) is 11.7 Å². The van der Waals surface area contributed by atoms with Gasteiger partial charge in [0.2, 0.25) is 5.91 Å². The van der Waals surface area contributed by atoms with E-state index in [0.717, 1.165) is 0 Å². The number of rotatable bonds is 5. The lowest BCUT2D eigenvalue weighted by molar-refractivity contribution is -0.128. The highest BCUT2D eigenvalue weighted by atomic mass is 32.2. The van der Waals surface area contributed by atoms with Crippen molar-refractivity contribution in [3.8, 4) is 5.75 Å². The molecule has 1 saturated heterocycles. The molecule has 1 fully saturated rings. The van der Waals surface area contributed by atoms with E-state index in [1.54, 1.807) is 17.0 Å². The first kappa shape index (κ1) is 15.8. The second-order valence-corrected chi connectivity index (χ2v) is 6.26. The summed E-state index contributed by atoms with van der Waals surface area (Å²) in [6.45, 7) is 2.27. The van der Waals surface area contributed by atoms with Crippen molar-refractivity contribution in [2.45, 2.75) is 19.9 Å². The van der Waals surface area contributed by atoms with Crippen LogP contribution in [0.2, 0.25) is 0 Å². The molecule has 6 heteroatoms. The average molecular weight is 311 g/mol. The van der Waals surface area contributed by atoms with Crippen molar-refractivity contribution in [1.29, 1.82) is 0 Å². The van der Waals surface area contributed by atoms with Crippen LogP contribution in [0.4, 0.5) is 4.39 Å². The van der Waals surface area contributed by atoms with Crippen LogP contribution in [0.15, 0.2) is 18.2 Å². The molecule has 0 spiro atoms. The number of amides is 1. The van der Waals surface area contributed by atoms with Crippen LogP contribution in [0.3, 0.4) is 0 Å². The summed E-state index contributed by atoms with van der Waals surface area (Å²) >= 11 is 1.23. The highest BCUT2D eigenvalue weighted by Gasteiger charge is 2.30. The van der Waals surface area contributed by atoms with E-state index in [0.29, 0.717) is 30.0 Å². The van der Waals surface area contributed by atoms with Gasteiger partial charge in [-0.3, -0.25) is 9.59 Å². The number of hydrogen-bond acceptors (Lipinski definition) is 4. The van der Waals surface area contributed by atoms with Crippen LogP contribution in [0.1, 0.15) is 18.9 Å². The SMILES string of the molecule is COc1cccc(F)c1CN1CC(CSC(C)=O)CC1=O. The molecule has 0 aromatic heterocycles. The van der Waals surface area contributed by atoms with Crippen molar-refractivity contribution in [1.82, 2.24) is 4.90 Å². The first-order chi connectivity index (χ1) is 10.0. The van der Waals surface area contributed by atoms with Crippen LogP contribution in [-0.4, -0.2) is 35.3 Å². The first-order valence-electron chi connectivity index (χ1n) is 6.73. The van der Waals surface area contributed by atoms with Crippen LogP contribution >= 0.6 is 11.8 Å². The van der Waals surface area contributed by atoms with Gasteiger partial charge in [-0.25, -0.2) is 4.39 Å². The van der Waals surface area contributed by atoms with Crippen LogP contribution in [0.25, 0.3) is 0 Å². The van der Waals surface area contributed by atoms with Crippen LogP contribution in [0.5, 0.6) is 5.75 Å². The quantitative estimate of drug-likeness (QED) is 0.838. The lowest BCUT2D eigenvalue weighted by atomic mass is 10.1. The number of methoxy groups -OCH3 is 1. The fraction of sp³-hybridized carbons (Fsp3) is 0.467. The van der Waals surface area contributed by atoms with Crippen molar-refractivity contribution in [3.63, 3.8) is 0 Å². The average Bonchev–Trinajstić information content (AvgIpc) is 2.79. The molecule has 1 amide bonds. The Labute approximate surface area is 127 Å². The van der Waals surface area contributed by atoms with E-state index in [1.165, 1.54) is 31.9 Å². The fourth-order valence-electron chi connectivity index (χ4n) is 2.43. The molecule has 1 heterocycles. The van der Waals surface area contributed by atoms with Crippen molar-refractivity contribution < 1.29 is 18.7 Å². The molecule has 4 nitrogen and oxygen atoms in total. The van der Waals surface area contributed by atoms with E-state index in [-0.39, 0.29) is 29.3 Å². The summed E-state index contributed by atoms with van der Waals surface area (Å²) in [4.78, 5) is 24.6. The van der Waals surface area contributed by atoms with E-state index < -0.39 is 0 Å². The maximum Gasteiger partial charge on any atom is 0.223 e. The number of carbonyl (C=O) groups excluding carboxylic acids is 2. The normalized spacial score (nSPS) is 18.1. The Hall–Kier alpha value is -1.56.